The number of nitrogens with two attached hydrogens (primary N) is 1. The van der Waals surface area contributed by atoms with E-state index < -0.39 is 0 Å². The number of benzene rings is 2. The number of aryl methyl sites for hydroxylation is 1. The lowest BCUT2D eigenvalue weighted by molar-refractivity contribution is 0.636. The van der Waals surface area contributed by atoms with E-state index in [-0.39, 0.29) is 6.04 Å². The van der Waals surface area contributed by atoms with Crippen LogP contribution in [0.1, 0.15) is 29.7 Å². The van der Waals surface area contributed by atoms with Crippen molar-refractivity contribution in [3.05, 3.63) is 65.2 Å². The Hall–Kier alpha value is -1.29. The first-order valence-electron chi connectivity index (χ1n) is 6.50. The van der Waals surface area contributed by atoms with Crippen LogP contribution in [0.3, 0.4) is 0 Å². The van der Waals surface area contributed by atoms with E-state index in [2.05, 4.69) is 67.8 Å². The molecule has 0 heterocycles. The van der Waals surface area contributed by atoms with Crippen LogP contribution in [0.25, 0.3) is 0 Å². The molecule has 0 aromatic heterocycles. The standard InChI is InChI=1S/C16H20N2S/c1-3-19-15-10-8-14(9-11-15)16(18-17)13-6-4-12(2)5-7-13/h4-11,16,18H,3,17H2,1-2H3. The molecular formula is C16H20N2S. The molecule has 100 valence electrons. The van der Waals surface area contributed by atoms with E-state index in [4.69, 9.17) is 5.84 Å². The molecule has 0 saturated heterocycles. The van der Waals surface area contributed by atoms with Gasteiger partial charge in [-0.1, -0.05) is 48.9 Å². The van der Waals surface area contributed by atoms with Crippen molar-refractivity contribution in [3.63, 3.8) is 0 Å². The first-order valence-corrected chi connectivity index (χ1v) is 7.48. The molecule has 2 aromatic carbocycles. The molecule has 2 aromatic rings. The fourth-order valence-electron chi connectivity index (χ4n) is 2.07. The molecule has 0 fully saturated rings. The average Bonchev–Trinajstić information content (AvgIpc) is 2.44. The number of rotatable bonds is 5. The second kappa shape index (κ2) is 6.75. The van der Waals surface area contributed by atoms with Gasteiger partial charge in [-0.3, -0.25) is 5.84 Å². The fourth-order valence-corrected chi connectivity index (χ4v) is 2.73. The maximum atomic E-state index is 5.72. The van der Waals surface area contributed by atoms with Gasteiger partial charge in [-0.25, -0.2) is 5.43 Å². The Labute approximate surface area is 119 Å². The molecule has 1 unspecified atom stereocenters. The summed E-state index contributed by atoms with van der Waals surface area (Å²) in [5.74, 6) is 6.81. The molecule has 0 radical (unpaired) electrons. The zero-order chi connectivity index (χ0) is 13.7. The molecule has 3 heteroatoms. The van der Waals surface area contributed by atoms with Gasteiger partial charge >= 0.3 is 0 Å². The molecule has 0 bridgehead atoms. The minimum atomic E-state index is 0.0428. The highest BCUT2D eigenvalue weighted by atomic mass is 32.2. The molecule has 2 nitrogen and oxygen atoms in total. The van der Waals surface area contributed by atoms with Crippen molar-refractivity contribution >= 4 is 11.8 Å². The Bertz CT molecular complexity index is 505. The van der Waals surface area contributed by atoms with Crippen molar-refractivity contribution in [1.29, 1.82) is 0 Å². The SMILES string of the molecule is CCSc1ccc(C(NN)c2ccc(C)cc2)cc1. The second-order valence-corrected chi connectivity index (χ2v) is 5.85. The van der Waals surface area contributed by atoms with Gasteiger partial charge in [-0.05, 0) is 35.9 Å². The molecule has 0 amide bonds. The third kappa shape index (κ3) is 3.60. The van der Waals surface area contributed by atoms with Crippen molar-refractivity contribution in [2.45, 2.75) is 24.8 Å². The summed E-state index contributed by atoms with van der Waals surface area (Å²) in [7, 11) is 0. The van der Waals surface area contributed by atoms with Crippen LogP contribution in [0, 0.1) is 6.92 Å². The molecule has 1 atom stereocenters. The Balaban J connectivity index is 2.23. The molecule has 3 N–H and O–H groups in total. The van der Waals surface area contributed by atoms with E-state index in [0.29, 0.717) is 0 Å². The minimum Gasteiger partial charge on any atom is -0.271 e. The number of nitrogens with one attached hydrogen (secondary N) is 1. The number of hydrazine groups is 1. The summed E-state index contributed by atoms with van der Waals surface area (Å²) >= 11 is 1.85. The highest BCUT2D eigenvalue weighted by Crippen LogP contribution is 2.24. The predicted molar refractivity (Wildman–Crippen MR) is 83.2 cm³/mol. The van der Waals surface area contributed by atoms with Crippen LogP contribution in [0.15, 0.2) is 53.4 Å². The second-order valence-electron chi connectivity index (χ2n) is 4.51. The smallest absolute Gasteiger partial charge is 0.0710 e. The van der Waals surface area contributed by atoms with E-state index in [0.717, 1.165) is 5.75 Å². The number of hydrogen-bond acceptors (Lipinski definition) is 3. The highest BCUT2D eigenvalue weighted by molar-refractivity contribution is 7.99. The maximum absolute atomic E-state index is 5.72. The van der Waals surface area contributed by atoms with Crippen LogP contribution in [-0.2, 0) is 0 Å². The topological polar surface area (TPSA) is 38.0 Å². The molecule has 19 heavy (non-hydrogen) atoms. The minimum absolute atomic E-state index is 0.0428. The van der Waals surface area contributed by atoms with Crippen molar-refractivity contribution in [1.82, 2.24) is 5.43 Å². The summed E-state index contributed by atoms with van der Waals surface area (Å²) < 4.78 is 0. The lowest BCUT2D eigenvalue weighted by Gasteiger charge is -2.17. The summed E-state index contributed by atoms with van der Waals surface area (Å²) in [5, 5.41) is 0. The van der Waals surface area contributed by atoms with Gasteiger partial charge in [0.25, 0.3) is 0 Å². The van der Waals surface area contributed by atoms with Crippen LogP contribution in [0.2, 0.25) is 0 Å². The van der Waals surface area contributed by atoms with E-state index in [1.165, 1.54) is 21.6 Å². The van der Waals surface area contributed by atoms with E-state index in [1.807, 2.05) is 11.8 Å². The molecule has 2 rings (SSSR count). The van der Waals surface area contributed by atoms with Crippen molar-refractivity contribution in [3.8, 4) is 0 Å². The van der Waals surface area contributed by atoms with Crippen LogP contribution in [0.4, 0.5) is 0 Å². The van der Waals surface area contributed by atoms with Gasteiger partial charge < -0.3 is 0 Å². The predicted octanol–water partition coefficient (Wildman–Crippen LogP) is 3.66. The first kappa shape index (κ1) is 14.1. The Kier molecular flexibility index (Phi) is 5.02. The Morgan fingerprint density at radius 2 is 1.53 bits per heavy atom. The van der Waals surface area contributed by atoms with Crippen LogP contribution >= 0.6 is 11.8 Å². The van der Waals surface area contributed by atoms with Gasteiger partial charge in [-0.2, -0.15) is 0 Å². The monoisotopic (exact) mass is 272 g/mol. The van der Waals surface area contributed by atoms with Gasteiger partial charge in [0.05, 0.1) is 6.04 Å². The largest absolute Gasteiger partial charge is 0.271 e. The van der Waals surface area contributed by atoms with Gasteiger partial charge in [-0.15, -0.1) is 11.8 Å². The van der Waals surface area contributed by atoms with Crippen molar-refractivity contribution in [2.24, 2.45) is 5.84 Å². The lowest BCUT2D eigenvalue weighted by atomic mass is 9.98. The van der Waals surface area contributed by atoms with Crippen LogP contribution < -0.4 is 11.3 Å². The highest BCUT2D eigenvalue weighted by Gasteiger charge is 2.11. The van der Waals surface area contributed by atoms with Gasteiger partial charge in [0, 0.05) is 4.90 Å². The molecule has 0 spiro atoms. The van der Waals surface area contributed by atoms with E-state index >= 15 is 0 Å². The molecule has 0 saturated carbocycles. The third-order valence-corrected chi connectivity index (χ3v) is 4.00. The summed E-state index contributed by atoms with van der Waals surface area (Å²) in [4.78, 5) is 1.30. The summed E-state index contributed by atoms with van der Waals surface area (Å²) in [6, 6.07) is 17.1. The summed E-state index contributed by atoms with van der Waals surface area (Å²) in [5.41, 5.74) is 6.53. The zero-order valence-electron chi connectivity index (χ0n) is 11.4. The van der Waals surface area contributed by atoms with Gasteiger partial charge in [0.2, 0.25) is 0 Å². The summed E-state index contributed by atoms with van der Waals surface area (Å²) in [6.07, 6.45) is 0. The third-order valence-electron chi connectivity index (χ3n) is 3.10. The van der Waals surface area contributed by atoms with Crippen LogP contribution in [0.5, 0.6) is 0 Å². The Morgan fingerprint density at radius 1 is 1.00 bits per heavy atom. The van der Waals surface area contributed by atoms with Gasteiger partial charge in [0.15, 0.2) is 0 Å². The number of hydrogen-bond donors (Lipinski definition) is 2. The molecule has 0 aliphatic rings. The van der Waals surface area contributed by atoms with Crippen LogP contribution in [-0.4, -0.2) is 5.75 Å². The van der Waals surface area contributed by atoms with Crippen molar-refractivity contribution in [2.75, 3.05) is 5.75 Å². The quantitative estimate of drug-likeness (QED) is 0.495. The summed E-state index contributed by atoms with van der Waals surface area (Å²) in [6.45, 7) is 4.25. The average molecular weight is 272 g/mol. The molecular weight excluding hydrogens is 252 g/mol. The normalized spacial score (nSPS) is 12.4. The molecule has 0 aliphatic heterocycles. The van der Waals surface area contributed by atoms with Crippen molar-refractivity contribution < 1.29 is 0 Å². The van der Waals surface area contributed by atoms with E-state index in [9.17, 15) is 0 Å². The Morgan fingerprint density at radius 3 is 2.00 bits per heavy atom. The molecule has 0 aliphatic carbocycles. The van der Waals surface area contributed by atoms with E-state index in [1.54, 1.807) is 0 Å². The maximum Gasteiger partial charge on any atom is 0.0710 e. The number of thioether (sulfide) groups is 1. The lowest BCUT2D eigenvalue weighted by Crippen LogP contribution is -2.28. The fraction of sp³-hybridized carbons (Fsp3) is 0.250. The zero-order valence-corrected chi connectivity index (χ0v) is 12.2. The first-order chi connectivity index (χ1) is 9.24. The van der Waals surface area contributed by atoms with Gasteiger partial charge in [0.1, 0.15) is 0 Å².